The van der Waals surface area contributed by atoms with Crippen LogP contribution in [-0.2, 0) is 4.74 Å². The van der Waals surface area contributed by atoms with E-state index in [0.717, 1.165) is 11.8 Å². The lowest BCUT2D eigenvalue weighted by atomic mass is 9.99. The first-order chi connectivity index (χ1) is 5.61. The Kier molecular flexibility index (Phi) is 4.27. The molecule has 0 saturated carbocycles. The monoisotopic (exact) mass is 206 g/mol. The van der Waals surface area contributed by atoms with Crippen LogP contribution in [-0.4, -0.2) is 17.3 Å². The molecule has 1 rings (SSSR count). The second kappa shape index (κ2) is 4.77. The van der Waals surface area contributed by atoms with Gasteiger partial charge in [0.25, 0.3) is 0 Å². The summed E-state index contributed by atoms with van der Waals surface area (Å²) in [6, 6.07) is 0. The summed E-state index contributed by atoms with van der Waals surface area (Å²) < 4.78 is 5.83. The van der Waals surface area contributed by atoms with Gasteiger partial charge in [0.1, 0.15) is 5.44 Å². The molecule has 12 heavy (non-hydrogen) atoms. The second-order valence-electron chi connectivity index (χ2n) is 3.84. The van der Waals surface area contributed by atoms with Gasteiger partial charge in [-0.1, -0.05) is 35.4 Å². The van der Waals surface area contributed by atoms with Crippen molar-refractivity contribution in [3.63, 3.8) is 0 Å². The van der Waals surface area contributed by atoms with E-state index in [2.05, 4.69) is 27.7 Å². The Bertz CT molecular complexity index is 136. The SMILES string of the molecule is CC(C)OC1SSCC1C(C)C. The first-order valence-corrected chi connectivity index (χ1v) is 6.93. The standard InChI is InChI=1S/C9H18OS2/c1-6(2)8-5-11-12-9(8)10-7(3)4/h6-9H,5H2,1-4H3. The topological polar surface area (TPSA) is 9.23 Å². The molecule has 0 spiro atoms. The van der Waals surface area contributed by atoms with Gasteiger partial charge in [-0.2, -0.15) is 0 Å². The van der Waals surface area contributed by atoms with E-state index in [4.69, 9.17) is 4.74 Å². The molecule has 1 aliphatic rings. The van der Waals surface area contributed by atoms with Crippen molar-refractivity contribution >= 4 is 21.6 Å². The average molecular weight is 206 g/mol. The molecule has 1 nitrogen and oxygen atoms in total. The van der Waals surface area contributed by atoms with Crippen LogP contribution in [0, 0.1) is 11.8 Å². The van der Waals surface area contributed by atoms with Crippen LogP contribution < -0.4 is 0 Å². The largest absolute Gasteiger partial charge is 0.364 e. The van der Waals surface area contributed by atoms with Gasteiger partial charge < -0.3 is 4.74 Å². The molecule has 0 aromatic rings. The molecule has 0 aromatic carbocycles. The van der Waals surface area contributed by atoms with Crippen molar-refractivity contribution in [2.24, 2.45) is 11.8 Å². The van der Waals surface area contributed by atoms with E-state index >= 15 is 0 Å². The summed E-state index contributed by atoms with van der Waals surface area (Å²) in [7, 11) is 3.85. The summed E-state index contributed by atoms with van der Waals surface area (Å²) in [6.45, 7) is 8.80. The summed E-state index contributed by atoms with van der Waals surface area (Å²) in [5, 5.41) is 0. The van der Waals surface area contributed by atoms with Crippen molar-refractivity contribution < 1.29 is 4.74 Å². The molecule has 0 N–H and O–H groups in total. The Morgan fingerprint density at radius 2 is 1.92 bits per heavy atom. The lowest BCUT2D eigenvalue weighted by Gasteiger charge is -2.23. The molecule has 72 valence electrons. The van der Waals surface area contributed by atoms with E-state index in [1.54, 1.807) is 0 Å². The Morgan fingerprint density at radius 3 is 2.42 bits per heavy atom. The van der Waals surface area contributed by atoms with Crippen molar-refractivity contribution in [2.75, 3.05) is 5.75 Å². The summed E-state index contributed by atoms with van der Waals surface area (Å²) in [4.78, 5) is 0. The summed E-state index contributed by atoms with van der Waals surface area (Å²) in [6.07, 6.45) is 0.363. The number of hydrogen-bond donors (Lipinski definition) is 0. The summed E-state index contributed by atoms with van der Waals surface area (Å²) in [5.74, 6) is 2.73. The van der Waals surface area contributed by atoms with E-state index < -0.39 is 0 Å². The zero-order valence-electron chi connectivity index (χ0n) is 8.24. The van der Waals surface area contributed by atoms with Gasteiger partial charge in [0.05, 0.1) is 6.10 Å². The third-order valence-corrected chi connectivity index (χ3v) is 4.73. The first kappa shape index (κ1) is 10.7. The second-order valence-corrected chi connectivity index (χ2v) is 6.35. The predicted molar refractivity (Wildman–Crippen MR) is 58.4 cm³/mol. The molecule has 1 saturated heterocycles. The normalized spacial score (nSPS) is 30.5. The number of hydrogen-bond acceptors (Lipinski definition) is 3. The van der Waals surface area contributed by atoms with Crippen molar-refractivity contribution in [1.82, 2.24) is 0 Å². The van der Waals surface area contributed by atoms with Gasteiger partial charge >= 0.3 is 0 Å². The minimum atomic E-state index is 0.363. The highest BCUT2D eigenvalue weighted by molar-refractivity contribution is 8.77. The Balaban J connectivity index is 2.41. The van der Waals surface area contributed by atoms with Crippen LogP contribution in [0.5, 0.6) is 0 Å². The van der Waals surface area contributed by atoms with Gasteiger partial charge in [-0.05, 0) is 19.8 Å². The molecular formula is C9H18OS2. The first-order valence-electron chi connectivity index (χ1n) is 4.55. The summed E-state index contributed by atoms with van der Waals surface area (Å²) >= 11 is 0. The van der Waals surface area contributed by atoms with Gasteiger partial charge in [0.15, 0.2) is 0 Å². The molecule has 1 fully saturated rings. The highest BCUT2D eigenvalue weighted by Gasteiger charge is 2.32. The molecular weight excluding hydrogens is 188 g/mol. The van der Waals surface area contributed by atoms with Crippen molar-refractivity contribution in [3.05, 3.63) is 0 Å². The Labute approximate surface area is 83.4 Å². The Hall–Kier alpha value is 0.660. The highest BCUT2D eigenvalue weighted by atomic mass is 33.1. The van der Waals surface area contributed by atoms with Gasteiger partial charge in [-0.25, -0.2) is 0 Å². The molecule has 2 unspecified atom stereocenters. The van der Waals surface area contributed by atoms with Gasteiger partial charge in [0, 0.05) is 11.7 Å². The fourth-order valence-electron chi connectivity index (χ4n) is 1.23. The quantitative estimate of drug-likeness (QED) is 0.655. The van der Waals surface area contributed by atoms with Crippen LogP contribution >= 0.6 is 21.6 Å². The molecule has 2 atom stereocenters. The van der Waals surface area contributed by atoms with Crippen molar-refractivity contribution in [3.8, 4) is 0 Å². The maximum absolute atomic E-state index is 5.83. The molecule has 0 amide bonds. The zero-order chi connectivity index (χ0) is 9.14. The lowest BCUT2D eigenvalue weighted by Crippen LogP contribution is -2.25. The van der Waals surface area contributed by atoms with Crippen molar-refractivity contribution in [1.29, 1.82) is 0 Å². The smallest absolute Gasteiger partial charge is 0.117 e. The number of ether oxygens (including phenoxy) is 1. The van der Waals surface area contributed by atoms with Gasteiger partial charge in [-0.15, -0.1) is 0 Å². The van der Waals surface area contributed by atoms with E-state index in [-0.39, 0.29) is 0 Å². The molecule has 0 aliphatic carbocycles. The van der Waals surface area contributed by atoms with Crippen LogP contribution in [0.25, 0.3) is 0 Å². The van der Waals surface area contributed by atoms with Crippen molar-refractivity contribution in [2.45, 2.75) is 39.2 Å². The average Bonchev–Trinajstić information content (AvgIpc) is 2.33. The lowest BCUT2D eigenvalue weighted by molar-refractivity contribution is 0.0246. The highest BCUT2D eigenvalue weighted by Crippen LogP contribution is 2.45. The molecule has 1 heterocycles. The maximum Gasteiger partial charge on any atom is 0.117 e. The fourth-order valence-corrected chi connectivity index (χ4v) is 4.78. The molecule has 0 radical (unpaired) electrons. The van der Waals surface area contributed by atoms with E-state index in [1.807, 2.05) is 21.6 Å². The Morgan fingerprint density at radius 1 is 1.25 bits per heavy atom. The third kappa shape index (κ3) is 2.86. The fraction of sp³-hybridized carbons (Fsp3) is 1.00. The summed E-state index contributed by atoms with van der Waals surface area (Å²) in [5.41, 5.74) is 0.426. The van der Waals surface area contributed by atoms with Crippen LogP contribution in [0.3, 0.4) is 0 Å². The molecule has 1 aliphatic heterocycles. The maximum atomic E-state index is 5.83. The number of rotatable bonds is 3. The third-order valence-electron chi connectivity index (χ3n) is 2.04. The van der Waals surface area contributed by atoms with Gasteiger partial charge in [-0.3, -0.25) is 0 Å². The zero-order valence-corrected chi connectivity index (χ0v) is 9.87. The molecule has 3 heteroatoms. The van der Waals surface area contributed by atoms with E-state index in [1.165, 1.54) is 5.75 Å². The molecule has 0 aromatic heterocycles. The van der Waals surface area contributed by atoms with Crippen LogP contribution in [0.15, 0.2) is 0 Å². The van der Waals surface area contributed by atoms with Crippen LogP contribution in [0.2, 0.25) is 0 Å². The minimum absolute atomic E-state index is 0.363. The van der Waals surface area contributed by atoms with E-state index in [9.17, 15) is 0 Å². The van der Waals surface area contributed by atoms with Gasteiger partial charge in [0.2, 0.25) is 0 Å². The van der Waals surface area contributed by atoms with E-state index in [0.29, 0.717) is 11.5 Å². The van der Waals surface area contributed by atoms with Crippen LogP contribution in [0.4, 0.5) is 0 Å². The minimum Gasteiger partial charge on any atom is -0.364 e. The predicted octanol–water partition coefficient (Wildman–Crippen LogP) is 3.40. The molecule has 0 bridgehead atoms. The van der Waals surface area contributed by atoms with Crippen LogP contribution in [0.1, 0.15) is 27.7 Å².